The molecule has 2 fully saturated rings. The largest absolute Gasteiger partial charge is 0.486 e. The van der Waals surface area contributed by atoms with Crippen molar-refractivity contribution in [1.82, 2.24) is 25.2 Å². The van der Waals surface area contributed by atoms with Gasteiger partial charge in [-0.2, -0.15) is 0 Å². The van der Waals surface area contributed by atoms with Gasteiger partial charge in [-0.1, -0.05) is 51.9 Å². The fourth-order valence-corrected chi connectivity index (χ4v) is 5.32. The maximum absolute atomic E-state index is 13.9. The molecular formula is C31H45N5O5. The van der Waals surface area contributed by atoms with Crippen LogP contribution in [0, 0.1) is 5.92 Å². The highest BCUT2D eigenvalue weighted by Gasteiger charge is 2.40. The second-order valence-corrected chi connectivity index (χ2v) is 12.7. The number of carbonyl (C=O) groups excluding carboxylic acids is 3. The van der Waals surface area contributed by atoms with Gasteiger partial charge in [-0.3, -0.25) is 14.4 Å². The van der Waals surface area contributed by atoms with Crippen molar-refractivity contribution in [2.45, 2.75) is 78.0 Å². The van der Waals surface area contributed by atoms with Gasteiger partial charge in [-0.05, 0) is 44.4 Å². The van der Waals surface area contributed by atoms with Gasteiger partial charge in [0.2, 0.25) is 11.8 Å². The molecule has 4 rings (SSSR count). The molecule has 3 amide bonds. The van der Waals surface area contributed by atoms with Gasteiger partial charge in [-0.25, -0.2) is 0 Å². The van der Waals surface area contributed by atoms with E-state index in [-0.39, 0.29) is 29.8 Å². The molecule has 2 aromatic rings. The van der Waals surface area contributed by atoms with E-state index in [1.807, 2.05) is 52.6 Å². The summed E-state index contributed by atoms with van der Waals surface area (Å²) >= 11 is 0. The lowest BCUT2D eigenvalue weighted by atomic mass is 9.93. The van der Waals surface area contributed by atoms with Crippen LogP contribution in [-0.2, 0) is 21.6 Å². The van der Waals surface area contributed by atoms with Crippen molar-refractivity contribution in [3.8, 4) is 5.75 Å². The molecule has 1 aromatic carbocycles. The van der Waals surface area contributed by atoms with E-state index in [2.05, 4.69) is 15.4 Å². The van der Waals surface area contributed by atoms with E-state index in [4.69, 9.17) is 9.26 Å². The molecule has 10 heteroatoms. The van der Waals surface area contributed by atoms with Gasteiger partial charge in [0.05, 0.1) is 5.56 Å². The smallest absolute Gasteiger partial charge is 0.255 e. The van der Waals surface area contributed by atoms with Crippen molar-refractivity contribution >= 4 is 17.7 Å². The van der Waals surface area contributed by atoms with Crippen molar-refractivity contribution in [3.63, 3.8) is 0 Å². The number of benzene rings is 1. The topological polar surface area (TPSA) is 108 Å². The van der Waals surface area contributed by atoms with Gasteiger partial charge in [0.25, 0.3) is 5.91 Å². The van der Waals surface area contributed by atoms with Crippen molar-refractivity contribution in [1.29, 1.82) is 0 Å². The highest BCUT2D eigenvalue weighted by Crippen LogP contribution is 2.26. The summed E-state index contributed by atoms with van der Waals surface area (Å²) in [4.78, 5) is 46.6. The molecule has 10 nitrogen and oxygen atoms in total. The average molecular weight is 568 g/mol. The number of ether oxygens (including phenoxy) is 1. The van der Waals surface area contributed by atoms with Crippen LogP contribution in [0.2, 0.25) is 0 Å². The van der Waals surface area contributed by atoms with Gasteiger partial charge in [0.1, 0.15) is 35.9 Å². The van der Waals surface area contributed by atoms with Gasteiger partial charge in [0, 0.05) is 44.2 Å². The zero-order valence-corrected chi connectivity index (χ0v) is 25.3. The Morgan fingerprint density at radius 1 is 1.10 bits per heavy atom. The third-order valence-corrected chi connectivity index (χ3v) is 7.75. The number of nitrogens with zero attached hydrogens (tertiary/aromatic N) is 4. The normalized spacial score (nSPS) is 19.0. The highest BCUT2D eigenvalue weighted by atomic mass is 16.5. The van der Waals surface area contributed by atoms with Crippen LogP contribution in [-0.4, -0.2) is 89.4 Å². The van der Waals surface area contributed by atoms with Crippen LogP contribution >= 0.6 is 0 Å². The third kappa shape index (κ3) is 7.67. The molecule has 0 saturated carbocycles. The van der Waals surface area contributed by atoms with Gasteiger partial charge in [0.15, 0.2) is 0 Å². The number of para-hydroxylation sites is 1. The molecule has 1 aromatic heterocycles. The summed E-state index contributed by atoms with van der Waals surface area (Å²) in [7, 11) is 2.05. The zero-order valence-electron chi connectivity index (χ0n) is 25.3. The number of amides is 3. The molecule has 41 heavy (non-hydrogen) atoms. The monoisotopic (exact) mass is 567 g/mol. The minimum absolute atomic E-state index is 0.0137. The van der Waals surface area contributed by atoms with E-state index in [0.29, 0.717) is 49.5 Å². The lowest BCUT2D eigenvalue weighted by Crippen LogP contribution is -2.56. The Morgan fingerprint density at radius 3 is 2.46 bits per heavy atom. The molecule has 224 valence electrons. The van der Waals surface area contributed by atoms with Crippen LogP contribution < -0.4 is 10.1 Å². The van der Waals surface area contributed by atoms with Crippen molar-refractivity contribution in [3.05, 3.63) is 47.3 Å². The van der Waals surface area contributed by atoms with Crippen LogP contribution in [0.25, 0.3) is 0 Å². The maximum atomic E-state index is 13.9. The third-order valence-electron chi connectivity index (χ3n) is 7.75. The number of carbonyl (C=O) groups is 3. The lowest BCUT2D eigenvalue weighted by molar-refractivity contribution is -0.145. The summed E-state index contributed by atoms with van der Waals surface area (Å²) in [5.41, 5.74) is 0.785. The van der Waals surface area contributed by atoms with E-state index in [1.165, 1.54) is 0 Å². The van der Waals surface area contributed by atoms with E-state index in [9.17, 15) is 14.4 Å². The average Bonchev–Trinajstić information content (AvgIpc) is 3.61. The fourth-order valence-electron chi connectivity index (χ4n) is 5.32. The number of hydrogen-bond donors (Lipinski definition) is 1. The van der Waals surface area contributed by atoms with Crippen LogP contribution in [0.15, 0.2) is 34.9 Å². The van der Waals surface area contributed by atoms with E-state index < -0.39 is 18.0 Å². The first kappa shape index (κ1) is 30.6. The molecule has 2 aliphatic rings. The van der Waals surface area contributed by atoms with Crippen molar-refractivity contribution < 1.29 is 23.6 Å². The molecule has 0 radical (unpaired) electrons. The number of likely N-dealkylation sites (N-methyl/N-ethyl adjacent to an activating group) is 1. The molecule has 2 saturated heterocycles. The summed E-state index contributed by atoms with van der Waals surface area (Å²) in [6, 6.07) is 7.60. The molecule has 0 spiro atoms. The van der Waals surface area contributed by atoms with Crippen LogP contribution in [0.5, 0.6) is 5.75 Å². The Morgan fingerprint density at radius 2 is 1.80 bits per heavy atom. The van der Waals surface area contributed by atoms with E-state index >= 15 is 0 Å². The van der Waals surface area contributed by atoms with Crippen LogP contribution in [0.4, 0.5) is 0 Å². The Labute approximate surface area is 243 Å². The van der Waals surface area contributed by atoms with Crippen LogP contribution in [0.3, 0.4) is 0 Å². The predicted molar refractivity (Wildman–Crippen MR) is 155 cm³/mol. The Balaban J connectivity index is 1.45. The molecular weight excluding hydrogens is 522 g/mol. The number of piperazine rings is 1. The molecule has 2 atom stereocenters. The molecule has 2 aliphatic heterocycles. The molecule has 0 bridgehead atoms. The Kier molecular flexibility index (Phi) is 9.73. The fraction of sp³-hybridized carbons (Fsp3) is 0.613. The first-order valence-corrected chi connectivity index (χ1v) is 14.7. The summed E-state index contributed by atoms with van der Waals surface area (Å²) in [5, 5.41) is 7.07. The number of aromatic nitrogens is 1. The second-order valence-electron chi connectivity index (χ2n) is 12.7. The van der Waals surface area contributed by atoms with E-state index in [1.54, 1.807) is 29.2 Å². The summed E-state index contributed by atoms with van der Waals surface area (Å²) in [6.45, 7) is 13.8. The number of hydrogen-bond acceptors (Lipinski definition) is 7. The molecule has 3 heterocycles. The second kappa shape index (κ2) is 13.1. The van der Waals surface area contributed by atoms with Gasteiger partial charge in [-0.15, -0.1) is 0 Å². The molecule has 0 unspecified atom stereocenters. The predicted octanol–water partition coefficient (Wildman–Crippen LogP) is 3.46. The number of nitrogens with one attached hydrogen (secondary N) is 1. The number of rotatable bonds is 9. The number of likely N-dealkylation sites (tertiary alicyclic amines) is 1. The Hall–Kier alpha value is -3.40. The highest BCUT2D eigenvalue weighted by molar-refractivity contribution is 6.00. The maximum Gasteiger partial charge on any atom is 0.255 e. The quantitative estimate of drug-likeness (QED) is 0.494. The zero-order chi connectivity index (χ0) is 29.7. The van der Waals surface area contributed by atoms with Gasteiger partial charge >= 0.3 is 0 Å². The van der Waals surface area contributed by atoms with E-state index in [0.717, 1.165) is 25.3 Å². The van der Waals surface area contributed by atoms with Crippen molar-refractivity contribution in [2.24, 2.45) is 5.92 Å². The summed E-state index contributed by atoms with van der Waals surface area (Å²) in [6.07, 6.45) is 1.89. The molecule has 0 aliphatic carbocycles. The minimum atomic E-state index is -0.749. The van der Waals surface area contributed by atoms with Crippen LogP contribution in [0.1, 0.15) is 75.7 Å². The van der Waals surface area contributed by atoms with Gasteiger partial charge < -0.3 is 29.3 Å². The first-order chi connectivity index (χ1) is 19.4. The van der Waals surface area contributed by atoms with Crippen molar-refractivity contribution in [2.75, 3.05) is 39.8 Å². The standard InChI is InChI=1S/C31H45N5O5/c1-21(2)18-24(29(38)36-13-9-11-25(36)30(39)35-16-14-34(6)15-17-35)32-28(37)23-10-7-8-12-26(23)40-20-22-19-27(41-33-22)31(3,4)5/h7-8,10,12,19,21,24-25H,9,11,13-18,20H2,1-6H3,(H,32,37)/t24-,25-/m1/s1. The molecule has 1 N–H and O–H groups in total. The first-order valence-electron chi connectivity index (χ1n) is 14.7. The minimum Gasteiger partial charge on any atom is -0.486 e. The summed E-state index contributed by atoms with van der Waals surface area (Å²) < 4.78 is 11.4. The lowest BCUT2D eigenvalue weighted by Gasteiger charge is -2.36. The SMILES string of the molecule is CC(C)C[C@@H](NC(=O)c1ccccc1OCc1cc(C(C)(C)C)on1)C(=O)N1CCC[C@@H]1C(=O)N1CCN(C)CC1. The Bertz CT molecular complexity index is 1210. The summed E-state index contributed by atoms with van der Waals surface area (Å²) in [5.74, 6) is 0.729.